The monoisotopic (exact) mass is 263 g/mol. The number of hydrogen-bond acceptors (Lipinski definition) is 5. The van der Waals surface area contributed by atoms with Crippen LogP contribution in [0.1, 0.15) is 25.8 Å². The minimum atomic E-state index is -1.08. The molecule has 2 rings (SSSR count). The summed E-state index contributed by atoms with van der Waals surface area (Å²) >= 11 is 0. The highest BCUT2D eigenvalue weighted by Crippen LogP contribution is 2.30. The Kier molecular flexibility index (Phi) is 3.85. The second-order valence-corrected chi connectivity index (χ2v) is 4.60. The Hall–Kier alpha value is -1.88. The van der Waals surface area contributed by atoms with Crippen LogP contribution >= 0.6 is 0 Å². The lowest BCUT2D eigenvalue weighted by Crippen LogP contribution is -2.44. The van der Waals surface area contributed by atoms with Crippen molar-refractivity contribution in [3.63, 3.8) is 0 Å². The smallest absolute Gasteiger partial charge is 0.300 e. The van der Waals surface area contributed by atoms with Crippen molar-refractivity contribution in [1.29, 1.82) is 0 Å². The molecule has 1 aliphatic heterocycles. The van der Waals surface area contributed by atoms with Gasteiger partial charge in [-0.1, -0.05) is 18.2 Å². The first-order valence-electron chi connectivity index (χ1n) is 6.08. The van der Waals surface area contributed by atoms with Gasteiger partial charge in [0.15, 0.2) is 0 Å². The standard InChI is InChI=1S/C14H17NO4/c1-10(16)9-12(17-3)14(2)18-13(15-19-14)11-7-5-4-6-8-11/h4-8,12H,9H2,1-3H3. The van der Waals surface area contributed by atoms with E-state index in [2.05, 4.69) is 5.16 Å². The van der Waals surface area contributed by atoms with Gasteiger partial charge in [-0.25, -0.2) is 0 Å². The molecule has 0 saturated heterocycles. The van der Waals surface area contributed by atoms with Crippen molar-refractivity contribution in [3.8, 4) is 0 Å². The number of ether oxygens (including phenoxy) is 2. The van der Waals surface area contributed by atoms with Crippen LogP contribution in [0.4, 0.5) is 0 Å². The number of methoxy groups -OCH3 is 1. The van der Waals surface area contributed by atoms with Crippen LogP contribution in [0.5, 0.6) is 0 Å². The highest BCUT2D eigenvalue weighted by Gasteiger charge is 2.45. The molecule has 102 valence electrons. The summed E-state index contributed by atoms with van der Waals surface area (Å²) < 4.78 is 11.0. The average molecular weight is 263 g/mol. The molecule has 2 unspecified atom stereocenters. The molecule has 0 bridgehead atoms. The van der Waals surface area contributed by atoms with Crippen LogP contribution in [0.15, 0.2) is 35.5 Å². The number of carbonyl (C=O) groups excluding carboxylic acids is 1. The molecule has 0 amide bonds. The van der Waals surface area contributed by atoms with Crippen molar-refractivity contribution in [2.45, 2.75) is 32.2 Å². The Morgan fingerprint density at radius 3 is 2.68 bits per heavy atom. The lowest BCUT2D eigenvalue weighted by Gasteiger charge is -2.28. The summed E-state index contributed by atoms with van der Waals surface area (Å²) in [4.78, 5) is 16.6. The average Bonchev–Trinajstić information content (AvgIpc) is 2.80. The summed E-state index contributed by atoms with van der Waals surface area (Å²) in [7, 11) is 1.52. The third-order valence-electron chi connectivity index (χ3n) is 2.97. The van der Waals surface area contributed by atoms with E-state index < -0.39 is 11.9 Å². The SMILES string of the molecule is COC(CC(C)=O)C1(C)ON=C(c2ccccc2)O1. The van der Waals surface area contributed by atoms with Crippen molar-refractivity contribution in [2.75, 3.05) is 7.11 Å². The van der Waals surface area contributed by atoms with E-state index in [0.29, 0.717) is 5.90 Å². The van der Waals surface area contributed by atoms with Gasteiger partial charge < -0.3 is 14.3 Å². The van der Waals surface area contributed by atoms with Crippen LogP contribution in [-0.2, 0) is 19.1 Å². The van der Waals surface area contributed by atoms with Crippen molar-refractivity contribution < 1.29 is 19.1 Å². The van der Waals surface area contributed by atoms with Gasteiger partial charge in [0, 0.05) is 26.0 Å². The van der Waals surface area contributed by atoms with Crippen molar-refractivity contribution >= 4 is 11.7 Å². The molecule has 19 heavy (non-hydrogen) atoms. The summed E-state index contributed by atoms with van der Waals surface area (Å²) in [5.41, 5.74) is 0.823. The summed E-state index contributed by atoms with van der Waals surface area (Å²) in [5, 5.41) is 3.94. The fourth-order valence-corrected chi connectivity index (χ4v) is 1.92. The van der Waals surface area contributed by atoms with E-state index in [4.69, 9.17) is 14.3 Å². The van der Waals surface area contributed by atoms with Gasteiger partial charge in [-0.3, -0.25) is 4.79 Å². The summed E-state index contributed by atoms with van der Waals surface area (Å²) in [6.45, 7) is 3.22. The van der Waals surface area contributed by atoms with Crippen LogP contribution in [0, 0.1) is 0 Å². The van der Waals surface area contributed by atoms with E-state index in [1.54, 1.807) is 6.92 Å². The lowest BCUT2D eigenvalue weighted by molar-refractivity contribution is -0.217. The molecule has 0 aromatic heterocycles. The first-order chi connectivity index (χ1) is 9.05. The third-order valence-corrected chi connectivity index (χ3v) is 2.97. The summed E-state index contributed by atoms with van der Waals surface area (Å²) in [6, 6.07) is 9.44. The molecule has 0 N–H and O–H groups in total. The Morgan fingerprint density at radius 2 is 2.11 bits per heavy atom. The number of rotatable bonds is 5. The van der Waals surface area contributed by atoms with Crippen molar-refractivity contribution in [2.24, 2.45) is 5.16 Å². The van der Waals surface area contributed by atoms with E-state index in [-0.39, 0.29) is 12.2 Å². The Labute approximate surface area is 112 Å². The predicted molar refractivity (Wildman–Crippen MR) is 69.6 cm³/mol. The minimum Gasteiger partial charge on any atom is -0.428 e. The normalized spacial score (nSPS) is 23.2. The summed E-state index contributed by atoms with van der Waals surface area (Å²) in [5.74, 6) is -0.673. The number of carbonyl (C=O) groups is 1. The zero-order valence-corrected chi connectivity index (χ0v) is 11.3. The Morgan fingerprint density at radius 1 is 1.42 bits per heavy atom. The van der Waals surface area contributed by atoms with Gasteiger partial charge in [0.2, 0.25) is 0 Å². The molecule has 0 aliphatic carbocycles. The zero-order valence-electron chi connectivity index (χ0n) is 11.3. The molecular formula is C14H17NO4. The van der Waals surface area contributed by atoms with Gasteiger partial charge in [0.25, 0.3) is 5.90 Å². The van der Waals surface area contributed by atoms with E-state index in [9.17, 15) is 4.79 Å². The lowest BCUT2D eigenvalue weighted by atomic mass is 10.1. The van der Waals surface area contributed by atoms with Crippen LogP contribution in [0.3, 0.4) is 0 Å². The van der Waals surface area contributed by atoms with Crippen molar-refractivity contribution in [3.05, 3.63) is 35.9 Å². The quantitative estimate of drug-likeness (QED) is 0.816. The van der Waals surface area contributed by atoms with Gasteiger partial charge in [0.1, 0.15) is 11.9 Å². The highest BCUT2D eigenvalue weighted by molar-refractivity contribution is 5.94. The van der Waals surface area contributed by atoms with Crippen LogP contribution < -0.4 is 0 Å². The molecule has 5 nitrogen and oxygen atoms in total. The first kappa shape index (κ1) is 13.5. The molecular weight excluding hydrogens is 246 g/mol. The van der Waals surface area contributed by atoms with Gasteiger partial charge in [0.05, 0.1) is 0 Å². The maximum atomic E-state index is 11.2. The van der Waals surface area contributed by atoms with Gasteiger partial charge in [-0.15, -0.1) is 0 Å². The fourth-order valence-electron chi connectivity index (χ4n) is 1.92. The molecule has 1 aliphatic rings. The van der Waals surface area contributed by atoms with E-state index in [1.807, 2.05) is 30.3 Å². The van der Waals surface area contributed by atoms with E-state index in [1.165, 1.54) is 14.0 Å². The zero-order chi connectivity index (χ0) is 13.9. The number of oxime groups is 1. The minimum absolute atomic E-state index is 0.00781. The second-order valence-electron chi connectivity index (χ2n) is 4.60. The van der Waals surface area contributed by atoms with E-state index >= 15 is 0 Å². The molecule has 0 saturated carbocycles. The molecule has 1 aromatic carbocycles. The molecule has 0 radical (unpaired) electrons. The van der Waals surface area contributed by atoms with Gasteiger partial charge in [-0.05, 0) is 24.2 Å². The van der Waals surface area contributed by atoms with Gasteiger partial charge >= 0.3 is 5.79 Å². The molecule has 2 atom stereocenters. The van der Waals surface area contributed by atoms with Crippen LogP contribution in [0.25, 0.3) is 0 Å². The summed E-state index contributed by atoms with van der Waals surface area (Å²) in [6.07, 6.45) is -0.292. The number of Topliss-reactive ketones (excluding diaryl/α,β-unsaturated/α-hetero) is 1. The topological polar surface area (TPSA) is 57.1 Å². The Balaban J connectivity index is 2.11. The fraction of sp³-hybridized carbons (Fsp3) is 0.429. The van der Waals surface area contributed by atoms with Crippen LogP contribution in [-0.4, -0.2) is 30.7 Å². The Bertz CT molecular complexity index is 485. The maximum absolute atomic E-state index is 11.2. The second kappa shape index (κ2) is 5.40. The largest absolute Gasteiger partial charge is 0.428 e. The molecule has 1 aromatic rings. The van der Waals surface area contributed by atoms with Crippen molar-refractivity contribution in [1.82, 2.24) is 0 Å². The van der Waals surface area contributed by atoms with Crippen LogP contribution in [0.2, 0.25) is 0 Å². The molecule has 0 spiro atoms. The maximum Gasteiger partial charge on any atom is 0.300 e. The molecule has 0 fully saturated rings. The highest BCUT2D eigenvalue weighted by atomic mass is 16.8. The van der Waals surface area contributed by atoms with E-state index in [0.717, 1.165) is 5.56 Å². The molecule has 1 heterocycles. The number of ketones is 1. The molecule has 5 heteroatoms. The van der Waals surface area contributed by atoms with Gasteiger partial charge in [-0.2, -0.15) is 0 Å². The number of benzene rings is 1. The number of hydrogen-bond donors (Lipinski definition) is 0. The number of nitrogens with zero attached hydrogens (tertiary/aromatic N) is 1. The predicted octanol–water partition coefficient (Wildman–Crippen LogP) is 2.11. The first-order valence-corrected chi connectivity index (χ1v) is 6.08. The third kappa shape index (κ3) is 2.93.